The molecule has 0 bridgehead atoms. The summed E-state index contributed by atoms with van der Waals surface area (Å²) in [6.45, 7) is 4.47. The zero-order chi connectivity index (χ0) is 9.78. The summed E-state index contributed by atoms with van der Waals surface area (Å²) in [4.78, 5) is 28.4. The van der Waals surface area contributed by atoms with Gasteiger partial charge in [-0.05, 0) is 13.8 Å². The summed E-state index contributed by atoms with van der Waals surface area (Å²) in [5, 5.41) is 0. The zero-order valence-corrected chi connectivity index (χ0v) is 7.97. The average molecular weight is 195 g/mol. The minimum atomic E-state index is -1.17. The van der Waals surface area contributed by atoms with Crippen LogP contribution in [0.4, 0.5) is 0 Å². The van der Waals surface area contributed by atoms with Gasteiger partial charge in [-0.2, -0.15) is 0 Å². The topological polar surface area (TPSA) is 52.6 Å². The summed E-state index contributed by atoms with van der Waals surface area (Å²) in [5.41, 5.74) is 0. The zero-order valence-electron chi connectivity index (χ0n) is 7.22. The highest BCUT2D eigenvalue weighted by atomic mass is 35.5. The van der Waals surface area contributed by atoms with Crippen molar-refractivity contribution in [2.45, 2.75) is 32.1 Å². The van der Waals surface area contributed by atoms with Gasteiger partial charge in [0.1, 0.15) is 4.87 Å². The van der Waals surface area contributed by atoms with Gasteiger partial charge in [0.05, 0.1) is 0 Å². The van der Waals surface area contributed by atoms with Crippen LogP contribution >= 0.6 is 11.6 Å². The lowest BCUT2D eigenvalue weighted by molar-refractivity contribution is -0.260. The second-order valence-corrected chi connectivity index (χ2v) is 3.60. The molecule has 0 fully saturated rings. The molecule has 0 amide bonds. The van der Waals surface area contributed by atoms with Crippen molar-refractivity contribution in [3.8, 4) is 0 Å². The van der Waals surface area contributed by atoms with Crippen LogP contribution in [0.1, 0.15) is 27.2 Å². The molecule has 0 aromatic heterocycles. The molecular weight excluding hydrogens is 184 g/mol. The molecule has 70 valence electrons. The van der Waals surface area contributed by atoms with Crippen LogP contribution in [0, 0.1) is 0 Å². The highest BCUT2D eigenvalue weighted by Gasteiger charge is 2.28. The molecule has 12 heavy (non-hydrogen) atoms. The van der Waals surface area contributed by atoms with E-state index in [0.717, 1.165) is 0 Å². The molecule has 0 aromatic rings. The highest BCUT2D eigenvalue weighted by molar-refractivity contribution is 6.33. The first-order valence-corrected chi connectivity index (χ1v) is 3.86. The van der Waals surface area contributed by atoms with E-state index in [-0.39, 0.29) is 6.42 Å². The van der Waals surface area contributed by atoms with Crippen LogP contribution in [0.25, 0.3) is 0 Å². The third-order valence-corrected chi connectivity index (χ3v) is 1.14. The van der Waals surface area contributed by atoms with Gasteiger partial charge in [-0.15, -0.1) is 11.6 Å². The largest absolute Gasteiger partial charge is 0.375 e. The minimum absolute atomic E-state index is 0.149. The molecule has 5 heteroatoms. The quantitative estimate of drug-likeness (QED) is 0.379. The second-order valence-electron chi connectivity index (χ2n) is 2.65. The number of hydrogen-bond acceptors (Lipinski definition) is 4. The molecule has 0 heterocycles. The van der Waals surface area contributed by atoms with Gasteiger partial charge in [-0.25, -0.2) is 19.4 Å². The third kappa shape index (κ3) is 4.18. The van der Waals surface area contributed by atoms with Crippen molar-refractivity contribution in [2.24, 2.45) is 0 Å². The van der Waals surface area contributed by atoms with E-state index in [2.05, 4.69) is 9.78 Å². The van der Waals surface area contributed by atoms with Gasteiger partial charge in [0.15, 0.2) is 0 Å². The van der Waals surface area contributed by atoms with Crippen molar-refractivity contribution >= 4 is 23.5 Å². The average Bonchev–Trinajstić information content (AvgIpc) is 1.97. The van der Waals surface area contributed by atoms with Crippen molar-refractivity contribution in [1.29, 1.82) is 0 Å². The van der Waals surface area contributed by atoms with E-state index >= 15 is 0 Å². The number of carbonyl (C=O) groups is 2. The number of carbonyl (C=O) groups excluding carboxylic acids is 2. The number of hydrogen-bond donors (Lipinski definition) is 0. The molecule has 0 aliphatic heterocycles. The Labute approximate surface area is 75.7 Å². The summed E-state index contributed by atoms with van der Waals surface area (Å²) in [5.74, 6) is -1.39. The van der Waals surface area contributed by atoms with Crippen LogP contribution in [0.5, 0.6) is 0 Å². The van der Waals surface area contributed by atoms with Gasteiger partial charge < -0.3 is 0 Å². The standard InChI is InChI=1S/C7H11ClO4/c1-4-5(9)11-12-6(10)7(2,3)8/h4H2,1-3H3. The van der Waals surface area contributed by atoms with Crippen molar-refractivity contribution in [3.63, 3.8) is 0 Å². The first-order valence-electron chi connectivity index (χ1n) is 3.48. The Morgan fingerprint density at radius 2 is 1.83 bits per heavy atom. The minimum Gasteiger partial charge on any atom is -0.247 e. The molecule has 0 atom stereocenters. The summed E-state index contributed by atoms with van der Waals surface area (Å²) in [7, 11) is 0. The Morgan fingerprint density at radius 3 is 2.17 bits per heavy atom. The number of halogens is 1. The van der Waals surface area contributed by atoms with Gasteiger partial charge in [-0.3, -0.25) is 0 Å². The first-order chi connectivity index (χ1) is 5.38. The molecule has 0 aliphatic carbocycles. The summed E-state index contributed by atoms with van der Waals surface area (Å²) < 4.78 is 0. The van der Waals surface area contributed by atoms with Crippen LogP contribution in [0.2, 0.25) is 0 Å². The fourth-order valence-electron chi connectivity index (χ4n) is 0.242. The van der Waals surface area contributed by atoms with Crippen LogP contribution < -0.4 is 0 Å². The van der Waals surface area contributed by atoms with Gasteiger partial charge in [0.25, 0.3) is 0 Å². The van der Waals surface area contributed by atoms with Crippen LogP contribution in [-0.4, -0.2) is 16.8 Å². The molecule has 0 saturated heterocycles. The van der Waals surface area contributed by atoms with E-state index in [4.69, 9.17) is 11.6 Å². The summed E-state index contributed by atoms with van der Waals surface area (Å²) in [6, 6.07) is 0. The Bertz CT molecular complexity index is 182. The fourth-order valence-corrected chi connectivity index (χ4v) is 0.274. The normalized spacial score (nSPS) is 10.7. The maximum absolute atomic E-state index is 10.9. The molecule has 4 nitrogen and oxygen atoms in total. The van der Waals surface area contributed by atoms with Crippen LogP contribution in [0.3, 0.4) is 0 Å². The maximum atomic E-state index is 10.9. The van der Waals surface area contributed by atoms with Gasteiger partial charge in [0.2, 0.25) is 0 Å². The van der Waals surface area contributed by atoms with E-state index in [1.165, 1.54) is 13.8 Å². The Kier molecular flexibility index (Phi) is 4.03. The molecular formula is C7H11ClO4. The third-order valence-electron chi connectivity index (χ3n) is 0.984. The van der Waals surface area contributed by atoms with E-state index in [1.54, 1.807) is 6.92 Å². The maximum Gasteiger partial charge on any atom is 0.375 e. The summed E-state index contributed by atoms with van der Waals surface area (Å²) in [6.07, 6.45) is 0.149. The molecule has 0 aliphatic rings. The number of rotatable bonds is 2. The van der Waals surface area contributed by atoms with Gasteiger partial charge in [-0.1, -0.05) is 6.92 Å². The van der Waals surface area contributed by atoms with Gasteiger partial charge >= 0.3 is 11.9 Å². The highest BCUT2D eigenvalue weighted by Crippen LogP contribution is 2.14. The Hall–Kier alpha value is -0.770. The summed E-state index contributed by atoms with van der Waals surface area (Å²) >= 11 is 5.54. The van der Waals surface area contributed by atoms with E-state index < -0.39 is 16.8 Å². The lowest BCUT2D eigenvalue weighted by Gasteiger charge is -2.11. The van der Waals surface area contributed by atoms with Gasteiger partial charge in [0, 0.05) is 6.42 Å². The lowest BCUT2D eigenvalue weighted by atomic mass is 10.2. The molecule has 0 unspecified atom stereocenters. The predicted molar refractivity (Wildman–Crippen MR) is 42.4 cm³/mol. The first kappa shape index (κ1) is 11.2. The Balaban J connectivity index is 3.81. The van der Waals surface area contributed by atoms with Crippen molar-refractivity contribution < 1.29 is 19.4 Å². The molecule has 0 rings (SSSR count). The smallest absolute Gasteiger partial charge is 0.247 e. The molecule has 0 aromatic carbocycles. The van der Waals surface area contributed by atoms with Crippen molar-refractivity contribution in [1.82, 2.24) is 0 Å². The predicted octanol–water partition coefficient (Wildman–Crippen LogP) is 1.42. The molecule has 0 saturated carbocycles. The second kappa shape index (κ2) is 4.30. The lowest BCUT2D eigenvalue weighted by Crippen LogP contribution is -2.28. The van der Waals surface area contributed by atoms with E-state index in [0.29, 0.717) is 0 Å². The van der Waals surface area contributed by atoms with Crippen molar-refractivity contribution in [2.75, 3.05) is 0 Å². The molecule has 0 N–H and O–H groups in total. The fraction of sp³-hybridized carbons (Fsp3) is 0.714. The molecule has 0 spiro atoms. The van der Waals surface area contributed by atoms with Crippen LogP contribution in [-0.2, 0) is 19.4 Å². The van der Waals surface area contributed by atoms with Crippen LogP contribution in [0.15, 0.2) is 0 Å². The SMILES string of the molecule is CCC(=O)OOC(=O)C(C)(C)Cl. The Morgan fingerprint density at radius 1 is 1.33 bits per heavy atom. The molecule has 0 radical (unpaired) electrons. The van der Waals surface area contributed by atoms with E-state index in [9.17, 15) is 9.59 Å². The van der Waals surface area contributed by atoms with E-state index in [1.807, 2.05) is 0 Å². The monoisotopic (exact) mass is 194 g/mol. The van der Waals surface area contributed by atoms with Crippen molar-refractivity contribution in [3.05, 3.63) is 0 Å². The number of alkyl halides is 1.